The van der Waals surface area contributed by atoms with Crippen LogP contribution in [-0.2, 0) is 19.1 Å². The summed E-state index contributed by atoms with van der Waals surface area (Å²) in [6.45, 7) is 1.62. The first-order chi connectivity index (χ1) is 10.6. The average Bonchev–Trinajstić information content (AvgIpc) is 2.57. The third-order valence-electron chi connectivity index (χ3n) is 2.99. The Kier molecular flexibility index (Phi) is 6.66. The van der Waals surface area contributed by atoms with Crippen molar-refractivity contribution in [2.45, 2.75) is 19.8 Å². The average molecular weight is 299 g/mol. The van der Waals surface area contributed by atoms with E-state index >= 15 is 0 Å². The van der Waals surface area contributed by atoms with Crippen LogP contribution >= 0.6 is 0 Å². The fraction of sp³-hybridized carbons (Fsp3) is 0.353. The van der Waals surface area contributed by atoms with Gasteiger partial charge >= 0.3 is 11.9 Å². The summed E-state index contributed by atoms with van der Waals surface area (Å²) in [6, 6.07) is 5.31. The van der Waals surface area contributed by atoms with E-state index in [1.165, 1.54) is 14.2 Å². The Hall–Kier alpha value is -2.79. The van der Waals surface area contributed by atoms with Crippen LogP contribution in [0.5, 0.6) is 0 Å². The minimum Gasteiger partial charge on any atom is -0.468 e. The largest absolute Gasteiger partial charge is 0.468 e. The van der Waals surface area contributed by atoms with Crippen molar-refractivity contribution in [1.82, 2.24) is 4.98 Å². The second-order valence-electron chi connectivity index (χ2n) is 4.36. The van der Waals surface area contributed by atoms with Gasteiger partial charge in [-0.25, -0.2) is 4.98 Å². The minimum atomic E-state index is -1.55. The molecule has 114 valence electrons. The zero-order chi connectivity index (χ0) is 16.4. The number of carbonyl (C=O) groups is 2. The van der Waals surface area contributed by atoms with Gasteiger partial charge in [0, 0.05) is 19.0 Å². The third kappa shape index (κ3) is 4.10. The molecule has 5 nitrogen and oxygen atoms in total. The molecule has 0 aliphatic heterocycles. The molecule has 0 amide bonds. The van der Waals surface area contributed by atoms with E-state index in [4.69, 9.17) is 9.47 Å². The molecule has 0 unspecified atom stereocenters. The topological polar surface area (TPSA) is 65.5 Å². The van der Waals surface area contributed by atoms with Gasteiger partial charge in [-0.3, -0.25) is 9.59 Å². The Morgan fingerprint density at radius 3 is 2.27 bits per heavy atom. The summed E-state index contributed by atoms with van der Waals surface area (Å²) in [5.74, 6) is 9.58. The number of methoxy groups -OCH3 is 2. The van der Waals surface area contributed by atoms with Gasteiger partial charge in [0.15, 0.2) is 5.41 Å². The van der Waals surface area contributed by atoms with Gasteiger partial charge in [0.25, 0.3) is 0 Å². The van der Waals surface area contributed by atoms with Crippen molar-refractivity contribution >= 4 is 11.9 Å². The van der Waals surface area contributed by atoms with Gasteiger partial charge in [0.1, 0.15) is 5.69 Å². The lowest BCUT2D eigenvalue weighted by Crippen LogP contribution is -2.40. The minimum absolute atomic E-state index is 0.0141. The summed E-state index contributed by atoms with van der Waals surface area (Å²) in [7, 11) is 2.43. The van der Waals surface area contributed by atoms with Crippen LogP contribution in [0.15, 0.2) is 24.4 Å². The van der Waals surface area contributed by atoms with Crippen LogP contribution in [0, 0.1) is 29.1 Å². The summed E-state index contributed by atoms with van der Waals surface area (Å²) in [5, 5.41) is 0. The summed E-state index contributed by atoms with van der Waals surface area (Å²) < 4.78 is 9.50. The second-order valence-corrected chi connectivity index (χ2v) is 4.36. The zero-order valence-electron chi connectivity index (χ0n) is 12.8. The zero-order valence-corrected chi connectivity index (χ0v) is 12.8. The van der Waals surface area contributed by atoms with E-state index in [9.17, 15) is 9.59 Å². The quantitative estimate of drug-likeness (QED) is 0.480. The lowest BCUT2D eigenvalue weighted by atomic mass is 9.81. The summed E-state index contributed by atoms with van der Waals surface area (Å²) >= 11 is 0. The molecule has 0 radical (unpaired) electrons. The highest BCUT2D eigenvalue weighted by atomic mass is 16.5. The van der Waals surface area contributed by atoms with Crippen molar-refractivity contribution in [3.63, 3.8) is 0 Å². The van der Waals surface area contributed by atoms with Crippen LogP contribution in [0.4, 0.5) is 0 Å². The molecule has 1 heterocycles. The van der Waals surface area contributed by atoms with E-state index < -0.39 is 17.4 Å². The predicted octanol–water partition coefficient (Wildman–Crippen LogP) is 1.57. The molecule has 5 heteroatoms. The van der Waals surface area contributed by atoms with Gasteiger partial charge in [0.2, 0.25) is 0 Å². The molecule has 0 aromatic carbocycles. The molecule has 0 aliphatic carbocycles. The Morgan fingerprint density at radius 1 is 1.14 bits per heavy atom. The van der Waals surface area contributed by atoms with E-state index in [1.54, 1.807) is 31.3 Å². The molecule has 0 atom stereocenters. The molecule has 0 bridgehead atoms. The number of carbonyl (C=O) groups excluding carboxylic acids is 2. The van der Waals surface area contributed by atoms with Crippen molar-refractivity contribution in [3.05, 3.63) is 30.1 Å². The van der Waals surface area contributed by atoms with Gasteiger partial charge in [0.05, 0.1) is 14.2 Å². The fourth-order valence-electron chi connectivity index (χ4n) is 1.79. The van der Waals surface area contributed by atoms with Gasteiger partial charge in [-0.1, -0.05) is 12.0 Å². The first-order valence-corrected chi connectivity index (χ1v) is 6.57. The van der Waals surface area contributed by atoms with Crippen molar-refractivity contribution in [1.29, 1.82) is 0 Å². The number of esters is 2. The molecular formula is C17H17NO4. The summed E-state index contributed by atoms with van der Waals surface area (Å²) in [6.07, 6.45) is 1.54. The highest BCUT2D eigenvalue weighted by Crippen LogP contribution is 2.29. The summed E-state index contributed by atoms with van der Waals surface area (Å²) in [5.41, 5.74) is -0.999. The first-order valence-electron chi connectivity index (χ1n) is 6.57. The second kappa shape index (κ2) is 8.49. The Bertz CT molecular complexity index is 628. The fourth-order valence-corrected chi connectivity index (χ4v) is 1.79. The van der Waals surface area contributed by atoms with E-state index in [-0.39, 0.29) is 12.8 Å². The van der Waals surface area contributed by atoms with Gasteiger partial charge < -0.3 is 9.47 Å². The number of hydrogen-bond donors (Lipinski definition) is 0. The van der Waals surface area contributed by atoms with E-state index in [0.717, 1.165) is 0 Å². The van der Waals surface area contributed by atoms with Crippen LogP contribution in [0.1, 0.15) is 25.5 Å². The SMILES string of the molecule is CC#CCC(CC#Cc1ccccn1)(C(=O)OC)C(=O)OC. The van der Waals surface area contributed by atoms with E-state index in [0.29, 0.717) is 5.69 Å². The molecule has 1 aromatic rings. The Labute approximate surface area is 130 Å². The van der Waals surface area contributed by atoms with Crippen molar-refractivity contribution in [3.8, 4) is 23.7 Å². The maximum atomic E-state index is 12.1. The molecule has 0 fully saturated rings. The maximum absolute atomic E-state index is 12.1. The van der Waals surface area contributed by atoms with Crippen LogP contribution in [-0.4, -0.2) is 31.1 Å². The summed E-state index contributed by atoms with van der Waals surface area (Å²) in [4.78, 5) is 28.3. The molecule has 22 heavy (non-hydrogen) atoms. The lowest BCUT2D eigenvalue weighted by molar-refractivity contribution is -0.168. The smallest absolute Gasteiger partial charge is 0.325 e. The molecular weight excluding hydrogens is 282 g/mol. The molecule has 0 spiro atoms. The number of hydrogen-bond acceptors (Lipinski definition) is 5. The van der Waals surface area contributed by atoms with Crippen LogP contribution in [0.3, 0.4) is 0 Å². The highest BCUT2D eigenvalue weighted by Gasteiger charge is 2.47. The number of ether oxygens (including phenoxy) is 2. The van der Waals surface area contributed by atoms with Gasteiger partial charge in [-0.15, -0.1) is 11.8 Å². The lowest BCUT2D eigenvalue weighted by Gasteiger charge is -2.23. The van der Waals surface area contributed by atoms with E-state index in [2.05, 4.69) is 28.7 Å². The first kappa shape index (κ1) is 17.3. The van der Waals surface area contributed by atoms with Gasteiger partial charge in [-0.2, -0.15) is 0 Å². The molecule has 1 aromatic heterocycles. The molecule has 0 aliphatic rings. The van der Waals surface area contributed by atoms with Gasteiger partial charge in [-0.05, 0) is 25.0 Å². The Balaban J connectivity index is 3.12. The monoisotopic (exact) mass is 299 g/mol. The molecule has 0 N–H and O–H groups in total. The van der Waals surface area contributed by atoms with Crippen LogP contribution in [0.25, 0.3) is 0 Å². The molecule has 0 saturated heterocycles. The van der Waals surface area contributed by atoms with Crippen molar-refractivity contribution < 1.29 is 19.1 Å². The number of pyridine rings is 1. The van der Waals surface area contributed by atoms with Crippen LogP contribution in [0.2, 0.25) is 0 Å². The Morgan fingerprint density at radius 2 is 1.77 bits per heavy atom. The van der Waals surface area contributed by atoms with E-state index in [1.807, 2.05) is 0 Å². The maximum Gasteiger partial charge on any atom is 0.325 e. The third-order valence-corrected chi connectivity index (χ3v) is 2.99. The number of nitrogens with zero attached hydrogens (tertiary/aromatic N) is 1. The predicted molar refractivity (Wildman–Crippen MR) is 80.3 cm³/mol. The normalized spacial score (nSPS) is 9.59. The van der Waals surface area contributed by atoms with Crippen molar-refractivity contribution in [2.24, 2.45) is 5.41 Å². The molecule has 0 saturated carbocycles. The highest BCUT2D eigenvalue weighted by molar-refractivity contribution is 6.00. The van der Waals surface area contributed by atoms with Crippen molar-refractivity contribution in [2.75, 3.05) is 14.2 Å². The van der Waals surface area contributed by atoms with Crippen LogP contribution < -0.4 is 0 Å². The molecule has 1 rings (SSSR count). The number of rotatable bonds is 4. The number of aromatic nitrogens is 1. The standard InChI is InChI=1S/C17H17NO4/c1-4-5-11-17(15(19)21-2,16(20)22-3)12-8-10-14-9-6-7-13-18-14/h6-7,9,13H,11-12H2,1-3H3.